The second kappa shape index (κ2) is 11.6. The maximum absolute atomic E-state index is 13.0. The van der Waals surface area contributed by atoms with Crippen molar-refractivity contribution in [2.75, 3.05) is 10.6 Å². The van der Waals surface area contributed by atoms with E-state index >= 15 is 0 Å². The van der Waals surface area contributed by atoms with Crippen molar-refractivity contribution in [1.82, 2.24) is 15.3 Å². The SMILES string of the molecule is CC(C)(C)OC(=O)Nc1ccc(C(=O)N[C@H]2CCC[C@@H](Nc3ncc(C4CC4)c(C4=CCc5ccccc54)n3)C2)cc1. The van der Waals surface area contributed by atoms with E-state index in [9.17, 15) is 9.59 Å². The van der Waals surface area contributed by atoms with Gasteiger partial charge in [0.1, 0.15) is 5.60 Å². The summed E-state index contributed by atoms with van der Waals surface area (Å²) in [5, 5.41) is 9.49. The zero-order valence-electron chi connectivity index (χ0n) is 24.6. The number of hydrogen-bond donors (Lipinski definition) is 3. The Morgan fingerprint density at radius 2 is 1.71 bits per heavy atom. The van der Waals surface area contributed by atoms with Crippen molar-refractivity contribution in [2.24, 2.45) is 0 Å². The molecule has 8 heteroatoms. The Morgan fingerprint density at radius 3 is 2.48 bits per heavy atom. The van der Waals surface area contributed by atoms with Crippen molar-refractivity contribution in [1.29, 1.82) is 0 Å². The van der Waals surface area contributed by atoms with Crippen LogP contribution >= 0.6 is 0 Å². The summed E-state index contributed by atoms with van der Waals surface area (Å²) in [5.74, 6) is 1.09. The lowest BCUT2D eigenvalue weighted by atomic mass is 9.91. The number of carbonyl (C=O) groups excluding carboxylic acids is 2. The quantitative estimate of drug-likeness (QED) is 0.290. The lowest BCUT2D eigenvalue weighted by molar-refractivity contribution is 0.0635. The number of anilines is 2. The van der Waals surface area contributed by atoms with E-state index in [0.29, 0.717) is 23.1 Å². The number of amides is 2. The molecule has 3 N–H and O–H groups in total. The van der Waals surface area contributed by atoms with Gasteiger partial charge < -0.3 is 15.4 Å². The highest BCUT2D eigenvalue weighted by atomic mass is 16.6. The summed E-state index contributed by atoms with van der Waals surface area (Å²) in [6.07, 6.45) is 10.9. The summed E-state index contributed by atoms with van der Waals surface area (Å²) in [6.45, 7) is 5.44. The molecule has 2 saturated carbocycles. The van der Waals surface area contributed by atoms with Crippen molar-refractivity contribution in [3.8, 4) is 0 Å². The second-order valence-electron chi connectivity index (χ2n) is 12.6. The molecule has 2 atom stereocenters. The second-order valence-corrected chi connectivity index (χ2v) is 12.6. The molecule has 0 aliphatic heterocycles. The minimum Gasteiger partial charge on any atom is -0.444 e. The number of aromatic nitrogens is 2. The predicted octanol–water partition coefficient (Wildman–Crippen LogP) is 6.84. The first-order valence-corrected chi connectivity index (χ1v) is 15.0. The van der Waals surface area contributed by atoms with Crippen LogP contribution in [0.15, 0.2) is 60.8 Å². The van der Waals surface area contributed by atoms with Crippen LogP contribution in [0.2, 0.25) is 0 Å². The average molecular weight is 566 g/mol. The maximum Gasteiger partial charge on any atom is 0.412 e. The Morgan fingerprint density at radius 1 is 0.952 bits per heavy atom. The summed E-state index contributed by atoms with van der Waals surface area (Å²) >= 11 is 0. The molecule has 8 nitrogen and oxygen atoms in total. The third kappa shape index (κ3) is 6.64. The lowest BCUT2D eigenvalue weighted by Gasteiger charge is -2.30. The van der Waals surface area contributed by atoms with Crippen molar-refractivity contribution < 1.29 is 14.3 Å². The normalized spacial score (nSPS) is 19.8. The Labute approximate surface area is 247 Å². The Hall–Kier alpha value is -4.20. The molecule has 42 heavy (non-hydrogen) atoms. The van der Waals surface area contributed by atoms with Gasteiger partial charge in [-0.1, -0.05) is 30.3 Å². The van der Waals surface area contributed by atoms with Crippen molar-refractivity contribution in [3.05, 3.63) is 88.8 Å². The highest BCUT2D eigenvalue weighted by Gasteiger charge is 2.31. The Bertz CT molecular complexity index is 1500. The molecule has 0 radical (unpaired) electrons. The lowest BCUT2D eigenvalue weighted by Crippen LogP contribution is -2.42. The monoisotopic (exact) mass is 565 g/mol. The highest BCUT2D eigenvalue weighted by molar-refractivity contribution is 5.95. The zero-order valence-corrected chi connectivity index (χ0v) is 24.6. The molecule has 0 saturated heterocycles. The molecule has 0 spiro atoms. The molecule has 218 valence electrons. The molecule has 1 aromatic heterocycles. The van der Waals surface area contributed by atoms with Gasteiger partial charge in [-0.3, -0.25) is 10.1 Å². The van der Waals surface area contributed by atoms with Crippen LogP contribution < -0.4 is 16.0 Å². The fraction of sp³-hybridized carbons (Fsp3) is 0.412. The number of carbonyl (C=O) groups is 2. The topological polar surface area (TPSA) is 105 Å². The summed E-state index contributed by atoms with van der Waals surface area (Å²) in [4.78, 5) is 34.9. The van der Waals surface area contributed by atoms with Gasteiger partial charge in [-0.25, -0.2) is 14.8 Å². The molecular formula is C34H39N5O3. The van der Waals surface area contributed by atoms with Gasteiger partial charge in [0.05, 0.1) is 5.69 Å². The number of allylic oxidation sites excluding steroid dienone is 1. The van der Waals surface area contributed by atoms with Gasteiger partial charge in [-0.15, -0.1) is 0 Å². The third-order valence-corrected chi connectivity index (χ3v) is 8.06. The third-order valence-electron chi connectivity index (χ3n) is 8.06. The molecule has 3 aromatic rings. The Balaban J connectivity index is 1.08. The number of ether oxygens (including phenoxy) is 1. The largest absolute Gasteiger partial charge is 0.444 e. The van der Waals surface area contributed by atoms with Crippen LogP contribution in [0.1, 0.15) is 98.0 Å². The van der Waals surface area contributed by atoms with Gasteiger partial charge >= 0.3 is 6.09 Å². The van der Waals surface area contributed by atoms with E-state index in [1.807, 2.05) is 27.0 Å². The minimum atomic E-state index is -0.579. The fourth-order valence-electron chi connectivity index (χ4n) is 5.91. The molecule has 3 aliphatic rings. The molecule has 2 fully saturated rings. The number of benzene rings is 2. The van der Waals surface area contributed by atoms with Gasteiger partial charge in [-0.2, -0.15) is 0 Å². The number of rotatable bonds is 7. The highest BCUT2D eigenvalue weighted by Crippen LogP contribution is 2.45. The van der Waals surface area contributed by atoms with Crippen molar-refractivity contribution in [3.63, 3.8) is 0 Å². The number of nitrogens with one attached hydrogen (secondary N) is 3. The predicted molar refractivity (Wildman–Crippen MR) is 165 cm³/mol. The van der Waals surface area contributed by atoms with Crippen LogP contribution in [-0.4, -0.2) is 39.7 Å². The van der Waals surface area contributed by atoms with E-state index in [1.165, 1.54) is 35.1 Å². The number of nitrogens with zero attached hydrogens (tertiary/aromatic N) is 2. The molecule has 2 aromatic carbocycles. The van der Waals surface area contributed by atoms with Gasteiger partial charge in [0.15, 0.2) is 0 Å². The summed E-state index contributed by atoms with van der Waals surface area (Å²) in [7, 11) is 0. The van der Waals surface area contributed by atoms with Crippen LogP contribution in [0.3, 0.4) is 0 Å². The van der Waals surface area contributed by atoms with E-state index in [2.05, 4.69) is 46.3 Å². The molecule has 1 heterocycles. The smallest absolute Gasteiger partial charge is 0.412 e. The van der Waals surface area contributed by atoms with E-state index in [1.54, 1.807) is 24.3 Å². The van der Waals surface area contributed by atoms with Crippen molar-refractivity contribution >= 4 is 29.2 Å². The first-order valence-electron chi connectivity index (χ1n) is 15.0. The number of fused-ring (bicyclic) bond motifs is 1. The van der Waals surface area contributed by atoms with E-state index in [0.717, 1.165) is 37.8 Å². The van der Waals surface area contributed by atoms with Gasteiger partial charge in [0.25, 0.3) is 5.91 Å². The summed E-state index contributed by atoms with van der Waals surface area (Å²) in [5.41, 5.74) is 6.71. The maximum atomic E-state index is 13.0. The van der Waals surface area contributed by atoms with Crippen LogP contribution in [0.25, 0.3) is 5.57 Å². The van der Waals surface area contributed by atoms with Crippen LogP contribution in [-0.2, 0) is 11.2 Å². The molecule has 0 bridgehead atoms. The van der Waals surface area contributed by atoms with Crippen LogP contribution in [0.5, 0.6) is 0 Å². The summed E-state index contributed by atoms with van der Waals surface area (Å²) in [6, 6.07) is 15.7. The first-order chi connectivity index (χ1) is 20.2. The van der Waals surface area contributed by atoms with Crippen LogP contribution in [0, 0.1) is 0 Å². The van der Waals surface area contributed by atoms with Crippen molar-refractivity contribution in [2.45, 2.75) is 89.3 Å². The Kier molecular flexibility index (Phi) is 7.71. The summed E-state index contributed by atoms with van der Waals surface area (Å²) < 4.78 is 5.29. The number of hydrogen-bond acceptors (Lipinski definition) is 6. The van der Waals surface area contributed by atoms with Gasteiger partial charge in [0, 0.05) is 40.7 Å². The molecule has 2 amide bonds. The van der Waals surface area contributed by atoms with E-state index < -0.39 is 11.7 Å². The fourth-order valence-corrected chi connectivity index (χ4v) is 5.91. The van der Waals surface area contributed by atoms with E-state index in [4.69, 9.17) is 14.7 Å². The molecule has 0 unspecified atom stereocenters. The van der Waals surface area contributed by atoms with E-state index in [-0.39, 0.29) is 18.0 Å². The zero-order chi connectivity index (χ0) is 29.3. The average Bonchev–Trinajstić information content (AvgIpc) is 3.71. The van der Waals surface area contributed by atoms with Gasteiger partial charge in [-0.05, 0) is 107 Å². The minimum absolute atomic E-state index is 0.0536. The molecule has 6 rings (SSSR count). The van der Waals surface area contributed by atoms with Gasteiger partial charge in [0.2, 0.25) is 5.95 Å². The first kappa shape index (κ1) is 27.9. The molecular weight excluding hydrogens is 526 g/mol. The standard InChI is InChI=1S/C34H39N5O3/c1-34(2,3)42-33(41)38-24-16-13-23(14-17-24)31(40)36-25-8-6-9-26(19-25)37-32-35-20-29(22-11-12-22)30(39-32)28-18-15-21-7-4-5-10-27(21)28/h4-5,7,10,13-14,16-18,20,22,25-26H,6,8-9,11-12,15,19H2,1-3H3,(H,36,40)(H,38,41)(H,35,37,39)/t25-,26+/m0/s1. The molecule has 3 aliphatic carbocycles. The van der Waals surface area contributed by atoms with Crippen LogP contribution in [0.4, 0.5) is 16.4 Å².